The summed E-state index contributed by atoms with van der Waals surface area (Å²) in [5.74, 6) is 0. The summed E-state index contributed by atoms with van der Waals surface area (Å²) in [7, 11) is 206. The van der Waals surface area contributed by atoms with E-state index in [9.17, 15) is 0 Å². The molecule has 0 aromatic rings. The molecule has 1 radical (unpaired) electrons. The Morgan fingerprint density at radius 1 is 0.0833 bits per heavy atom. The van der Waals surface area contributed by atoms with E-state index in [1.54, 1.807) is 0 Å². The van der Waals surface area contributed by atoms with Crippen molar-refractivity contribution < 1.29 is 18.6 Å². The first-order valence-corrected chi connectivity index (χ1v) is 220. The molecule has 0 N–H and O–H groups in total. The van der Waals surface area contributed by atoms with Crippen LogP contribution in [0.4, 0.5) is 0 Å². The van der Waals surface area contributed by atoms with Crippen LogP contribution >= 0.6 is 853 Å². The summed E-state index contributed by atoms with van der Waals surface area (Å²) < 4.78 is 0. The van der Waals surface area contributed by atoms with Crippen LogP contribution in [0.1, 0.15) is 0 Å². The first-order valence-electron chi connectivity index (χ1n) is 24.4. The fraction of sp³-hybridized carbons (Fsp3) is 0. The molecule has 108 heavy (non-hydrogen) atoms. The molecule has 649 valence electrons. The summed E-state index contributed by atoms with van der Waals surface area (Å²) in [6.07, 6.45) is 0. The van der Waals surface area contributed by atoms with Gasteiger partial charge >= 0.3 is 0 Å². The van der Waals surface area contributed by atoms with Gasteiger partial charge in [0.25, 0.3) is 0 Å². The molecule has 0 heterocycles. The van der Waals surface area contributed by atoms with Gasteiger partial charge in [-0.15, -0.1) is 482 Å². The first kappa shape index (κ1) is 157. The van der Waals surface area contributed by atoms with Crippen LogP contribution in [0.25, 0.3) is 0 Å². The van der Waals surface area contributed by atoms with Gasteiger partial charge in [0.1, 0.15) is 0 Å². The van der Waals surface area contributed by atoms with Crippen LogP contribution in [0.3, 0.4) is 0 Å². The molecule has 0 rings (SSSR count). The minimum atomic E-state index is -0.617. The zero-order valence-electron chi connectivity index (χ0n) is 55.4. The zero-order valence-corrected chi connectivity index (χ0v) is 167. The second-order valence-corrected chi connectivity index (χ2v) is 462. The van der Waals surface area contributed by atoms with Gasteiger partial charge in [0.2, 0.25) is 0 Å². The molecular weight excluding hydrogens is 3370 g/mol. The Hall–Kier alpha value is 46.6. The molecule has 0 aliphatic carbocycles. The van der Waals surface area contributed by atoms with E-state index in [0.29, 0.717) is 0 Å². The first-order chi connectivity index (χ1) is 48.7. The smallest absolute Gasteiger partial charge is 0 e. The summed E-state index contributed by atoms with van der Waals surface area (Å²) in [5.41, 5.74) is 0. The van der Waals surface area contributed by atoms with Crippen molar-refractivity contribution >= 4 is 853 Å². The summed E-state index contributed by atoms with van der Waals surface area (Å²) in [6, 6.07) is 0. The molecule has 0 aromatic carbocycles. The van der Waals surface area contributed by atoms with Crippen LogP contribution in [0, 0.1) is 0 Å². The van der Waals surface area contributed by atoms with Gasteiger partial charge in [-0.05, 0) is 371 Å². The molecule has 0 amide bonds. The standard InChI is InChI=1S/H109P107.V/c1-56(2)85(57(3)4)98(82(53)54)100(103(88(62(13)14)63(15)16)89(64(17)18)65(19)20)83(99(86(58(5)6)59(7)8)87(60(9)10)61(11)12)55-84(101(104(90(66(21)22)67(23)24)91(68(25)26)69(27)28)105(92(70(29)30)71(31)32)93(72(33)34)73(35)36)102(106(94(74(37)38)75(39)40)95(76(41)42)77(43)44)107(96(78(45)46)79(47)48)97(80(49)50)81(51)52;/h55H,1-54H2;. The minimum Gasteiger partial charge on any atom is -0.102 e. The average molecular weight is 3480 g/mol. The Bertz CT molecular complexity index is 1840. The third-order valence-corrected chi connectivity index (χ3v) is 767. The van der Waals surface area contributed by atoms with Crippen molar-refractivity contribution in [3.63, 3.8) is 0 Å². The fourth-order valence-corrected chi connectivity index (χ4v) is 1590. The second-order valence-electron chi connectivity index (χ2n) is 17.1. The van der Waals surface area contributed by atoms with Gasteiger partial charge in [-0.2, -0.15) is 0 Å². The van der Waals surface area contributed by atoms with Gasteiger partial charge in [-0.1, -0.05) is 0 Å². The summed E-state index contributed by atoms with van der Waals surface area (Å²) in [6.45, 7) is -22.5. The largest absolute Gasteiger partial charge is 0.102 e. The maximum Gasteiger partial charge on any atom is 0 e. The van der Waals surface area contributed by atoms with Gasteiger partial charge in [0, 0.05) is 18.6 Å². The minimum absolute atomic E-state index is 0. The maximum atomic E-state index is 3.91. The molecule has 0 spiro atoms. The molecule has 0 nitrogen and oxygen atoms in total. The fourth-order valence-electron chi connectivity index (χ4n) is 6.56. The van der Waals surface area contributed by atoms with Crippen LogP contribution < -0.4 is 0 Å². The Balaban J connectivity index is 0. The Kier molecular flexibility index (Phi) is 125. The predicted molar refractivity (Wildman–Crippen MR) is 892 cm³/mol. The van der Waals surface area contributed by atoms with E-state index in [4.69, 9.17) is 0 Å². The Morgan fingerprint density at radius 2 is 0.148 bits per heavy atom. The van der Waals surface area contributed by atoms with Crippen LogP contribution in [-0.2, 0) is 18.6 Å². The van der Waals surface area contributed by atoms with Gasteiger partial charge in [0.05, 0.1) is 0 Å². The van der Waals surface area contributed by atoms with E-state index in [-0.39, 0.29) is 53.5 Å². The van der Waals surface area contributed by atoms with Gasteiger partial charge in [-0.25, -0.2) is 0 Å². The van der Waals surface area contributed by atoms with E-state index in [1.165, 1.54) is 0 Å². The summed E-state index contributed by atoms with van der Waals surface area (Å²) in [5, 5.41) is 0. The topological polar surface area (TPSA) is 0 Å². The molecule has 0 saturated carbocycles. The third-order valence-electron chi connectivity index (χ3n) is 9.47. The Labute approximate surface area is 857 Å². The Morgan fingerprint density at radius 3 is 0.241 bits per heavy atom. The third kappa shape index (κ3) is 55.8. The normalized spacial score (nSPS) is 15.5. The van der Waals surface area contributed by atoms with Gasteiger partial charge < -0.3 is 0 Å². The molecular formula is H109P107V. The van der Waals surface area contributed by atoms with Crippen molar-refractivity contribution in [2.45, 2.75) is 0 Å². The van der Waals surface area contributed by atoms with Crippen molar-refractivity contribution in [2.75, 3.05) is 0 Å². The van der Waals surface area contributed by atoms with Crippen molar-refractivity contribution in [1.29, 1.82) is 0 Å². The molecule has 0 bridgehead atoms. The quantitative estimate of drug-likeness (QED) is 0.0533. The van der Waals surface area contributed by atoms with Crippen LogP contribution in [0.5, 0.6) is 0 Å². The molecule has 108 heteroatoms. The van der Waals surface area contributed by atoms with Crippen molar-refractivity contribution in [1.82, 2.24) is 0 Å². The van der Waals surface area contributed by atoms with E-state index in [1.807, 2.05) is 0 Å². The van der Waals surface area contributed by atoms with Crippen LogP contribution in [-0.4, -0.2) is 0 Å². The summed E-state index contributed by atoms with van der Waals surface area (Å²) >= 11 is 0. The van der Waals surface area contributed by atoms with E-state index in [0.717, 1.165) is 7.96 Å². The predicted octanol–water partition coefficient (Wildman–Crippen LogP) is 63.0. The van der Waals surface area contributed by atoms with Gasteiger partial charge in [-0.3, -0.25) is 0 Å². The van der Waals surface area contributed by atoms with Crippen LogP contribution in [0.2, 0.25) is 0 Å². The van der Waals surface area contributed by atoms with Crippen molar-refractivity contribution in [3.8, 4) is 0 Å². The molecule has 58 unspecified atom stereocenters. The molecule has 0 saturated heterocycles. The SMILES string of the molecule is PP(P)P(P(P)P)P(P(P)P)P(P(PP(P(P(P(P(P)P)P(P)P)P(P(P)P)P(P)P)P(P(P(P)P)P(P)P)P(P(P)P)P(P)P)P(P(P(P(P)P)P(P)P)P(P(P)P)P(P)P)P(P(P(P)P)P(P)P)P(P(P)P)P(P)P)P(P(P(P)P)P(P)P)P(P(P)P)P(P)P)P(P(P(P)P)P(P)P)P(P(P)P)P(P)P.[V]. The molecule has 0 aliphatic heterocycles. The second kappa shape index (κ2) is 86.3. The van der Waals surface area contributed by atoms with Crippen molar-refractivity contribution in [3.05, 3.63) is 0 Å². The number of rotatable bonds is 52. The van der Waals surface area contributed by atoms with Gasteiger partial charge in [0.15, 0.2) is 0 Å². The number of hydrogen-bond donors (Lipinski definition) is 0. The monoisotopic (exact) mass is 3470 g/mol. The number of hydrogen-bond acceptors (Lipinski definition) is 0. The van der Waals surface area contributed by atoms with Crippen molar-refractivity contribution in [2.24, 2.45) is 0 Å². The van der Waals surface area contributed by atoms with E-state index in [2.05, 4.69) is 482 Å². The average Bonchev–Trinajstić information content (AvgIpc) is 3.43. The van der Waals surface area contributed by atoms with E-state index >= 15 is 0 Å². The molecule has 0 aliphatic rings. The molecule has 0 fully saturated rings. The van der Waals surface area contributed by atoms with E-state index < -0.39 is 328 Å². The van der Waals surface area contributed by atoms with Crippen LogP contribution in [0.15, 0.2) is 0 Å². The zero-order chi connectivity index (χ0) is 84.7. The molecule has 0 aromatic heterocycles. The molecule has 58 atom stereocenters. The summed E-state index contributed by atoms with van der Waals surface area (Å²) in [4.78, 5) is 0. The maximum absolute atomic E-state index is 3.91.